The number of halogens is 1. The Kier molecular flexibility index (Phi) is 4.58. The highest BCUT2D eigenvalue weighted by molar-refractivity contribution is 9.10. The molecule has 0 bridgehead atoms. The molecule has 0 aliphatic rings. The van der Waals surface area contributed by atoms with Crippen LogP contribution in [0.1, 0.15) is 15.9 Å². The van der Waals surface area contributed by atoms with Crippen LogP contribution in [0.2, 0.25) is 0 Å². The lowest BCUT2D eigenvalue weighted by molar-refractivity contribution is 0.104. The van der Waals surface area contributed by atoms with Crippen LogP contribution in [0.25, 0.3) is 6.08 Å². The van der Waals surface area contributed by atoms with Crippen molar-refractivity contribution in [1.82, 2.24) is 0 Å². The van der Waals surface area contributed by atoms with Crippen LogP contribution in [0.3, 0.4) is 0 Å². The van der Waals surface area contributed by atoms with Crippen LogP contribution in [0.5, 0.6) is 11.5 Å². The lowest BCUT2D eigenvalue weighted by Gasteiger charge is -2.04. The maximum Gasteiger partial charge on any atom is 0.189 e. The first kappa shape index (κ1) is 14.3. The lowest BCUT2D eigenvalue weighted by atomic mass is 10.1. The average Bonchev–Trinajstić information content (AvgIpc) is 2.48. The van der Waals surface area contributed by atoms with Crippen molar-refractivity contribution < 1.29 is 14.6 Å². The number of methoxy groups -OCH3 is 1. The highest BCUT2D eigenvalue weighted by atomic mass is 79.9. The normalized spacial score (nSPS) is 10.7. The van der Waals surface area contributed by atoms with Crippen molar-refractivity contribution in [2.24, 2.45) is 0 Å². The molecule has 0 heterocycles. The van der Waals surface area contributed by atoms with Gasteiger partial charge in [-0.15, -0.1) is 0 Å². The van der Waals surface area contributed by atoms with E-state index in [4.69, 9.17) is 4.74 Å². The Balaban J connectivity index is 2.22. The van der Waals surface area contributed by atoms with Crippen LogP contribution in [0.4, 0.5) is 0 Å². The summed E-state index contributed by atoms with van der Waals surface area (Å²) in [6.07, 6.45) is 3.18. The van der Waals surface area contributed by atoms with Crippen LogP contribution >= 0.6 is 15.9 Å². The third-order valence-electron chi connectivity index (χ3n) is 2.77. The zero-order chi connectivity index (χ0) is 14.5. The molecule has 3 nitrogen and oxygen atoms in total. The van der Waals surface area contributed by atoms with Gasteiger partial charge in [0, 0.05) is 0 Å². The molecule has 0 aliphatic heterocycles. The number of rotatable bonds is 4. The van der Waals surface area contributed by atoms with E-state index >= 15 is 0 Å². The summed E-state index contributed by atoms with van der Waals surface area (Å²) in [4.78, 5) is 12.1. The molecule has 4 heteroatoms. The van der Waals surface area contributed by atoms with Crippen molar-refractivity contribution in [2.45, 2.75) is 0 Å². The summed E-state index contributed by atoms with van der Waals surface area (Å²) >= 11 is 3.23. The summed E-state index contributed by atoms with van der Waals surface area (Å²) in [5, 5.41) is 9.41. The molecule has 1 N–H and O–H groups in total. The molecule has 0 unspecified atom stereocenters. The molecule has 0 radical (unpaired) electrons. The number of phenolic OH excluding ortho intramolecular Hbond substituents is 1. The van der Waals surface area contributed by atoms with Crippen LogP contribution in [0.15, 0.2) is 53.0 Å². The predicted molar refractivity (Wildman–Crippen MR) is 82.2 cm³/mol. The van der Waals surface area contributed by atoms with Crippen molar-refractivity contribution in [3.63, 3.8) is 0 Å². The van der Waals surface area contributed by atoms with Gasteiger partial charge in [0.05, 0.1) is 17.1 Å². The standard InChI is InChI=1S/C16H13BrO3/c1-20-16-5-3-2-4-12(16)14(18)8-6-11-7-9-15(19)13(17)10-11/h2-10,19H,1H3. The van der Waals surface area contributed by atoms with E-state index in [1.165, 1.54) is 13.2 Å². The van der Waals surface area contributed by atoms with Gasteiger partial charge < -0.3 is 9.84 Å². The second kappa shape index (κ2) is 6.39. The van der Waals surface area contributed by atoms with E-state index in [-0.39, 0.29) is 11.5 Å². The van der Waals surface area contributed by atoms with E-state index in [0.29, 0.717) is 15.8 Å². The van der Waals surface area contributed by atoms with Crippen molar-refractivity contribution in [1.29, 1.82) is 0 Å². The van der Waals surface area contributed by atoms with Crippen LogP contribution in [-0.2, 0) is 0 Å². The molecule has 2 rings (SSSR count). The molecule has 20 heavy (non-hydrogen) atoms. The molecule has 0 saturated heterocycles. The van der Waals surface area contributed by atoms with Gasteiger partial charge in [-0.1, -0.05) is 24.3 Å². The van der Waals surface area contributed by atoms with Crippen molar-refractivity contribution >= 4 is 27.8 Å². The first-order chi connectivity index (χ1) is 9.61. The van der Waals surface area contributed by atoms with E-state index in [0.717, 1.165) is 5.56 Å². The molecular formula is C16H13BrO3. The molecule has 2 aromatic rings. The summed E-state index contributed by atoms with van der Waals surface area (Å²) in [5.74, 6) is 0.582. The molecule has 0 saturated carbocycles. The molecule has 0 aliphatic carbocycles. The fourth-order valence-electron chi connectivity index (χ4n) is 1.74. The number of carbonyl (C=O) groups is 1. The maximum absolute atomic E-state index is 12.1. The van der Waals surface area contributed by atoms with E-state index in [2.05, 4.69) is 15.9 Å². The number of para-hydroxylation sites is 1. The third-order valence-corrected chi connectivity index (χ3v) is 3.41. The number of ketones is 1. The Hall–Kier alpha value is -2.07. The summed E-state index contributed by atoms with van der Waals surface area (Å²) < 4.78 is 5.75. The molecule has 0 aromatic heterocycles. The second-order valence-electron chi connectivity index (χ2n) is 4.11. The number of hydrogen-bond donors (Lipinski definition) is 1. The van der Waals surface area contributed by atoms with Gasteiger partial charge in [-0.25, -0.2) is 0 Å². The minimum Gasteiger partial charge on any atom is -0.507 e. The average molecular weight is 333 g/mol. The topological polar surface area (TPSA) is 46.5 Å². The van der Waals surface area contributed by atoms with Gasteiger partial charge in [-0.3, -0.25) is 4.79 Å². The minimum atomic E-state index is -0.133. The zero-order valence-corrected chi connectivity index (χ0v) is 12.4. The van der Waals surface area contributed by atoms with Crippen molar-refractivity contribution in [3.05, 3.63) is 64.1 Å². The summed E-state index contributed by atoms with van der Waals surface area (Å²) in [6, 6.07) is 12.1. The Morgan fingerprint density at radius 1 is 1.25 bits per heavy atom. The fourth-order valence-corrected chi connectivity index (χ4v) is 2.13. The molecule has 0 fully saturated rings. The monoisotopic (exact) mass is 332 g/mol. The summed E-state index contributed by atoms with van der Waals surface area (Å²) in [5.41, 5.74) is 1.34. The van der Waals surface area contributed by atoms with Gasteiger partial charge in [-0.2, -0.15) is 0 Å². The third kappa shape index (κ3) is 3.27. The quantitative estimate of drug-likeness (QED) is 0.678. The number of phenols is 1. The molecule has 2 aromatic carbocycles. The molecular weight excluding hydrogens is 320 g/mol. The number of ether oxygens (including phenoxy) is 1. The second-order valence-corrected chi connectivity index (χ2v) is 4.96. The molecule has 0 atom stereocenters. The number of benzene rings is 2. The fraction of sp³-hybridized carbons (Fsp3) is 0.0625. The van der Waals surface area contributed by atoms with E-state index < -0.39 is 0 Å². The number of aromatic hydroxyl groups is 1. The summed E-state index contributed by atoms with van der Waals surface area (Å²) in [6.45, 7) is 0. The Morgan fingerprint density at radius 2 is 2.00 bits per heavy atom. The number of carbonyl (C=O) groups excluding carboxylic acids is 1. The smallest absolute Gasteiger partial charge is 0.189 e. The predicted octanol–water partition coefficient (Wildman–Crippen LogP) is 4.06. The van der Waals surface area contributed by atoms with Crippen LogP contribution < -0.4 is 4.74 Å². The van der Waals surface area contributed by atoms with Gasteiger partial charge in [0.2, 0.25) is 0 Å². The molecule has 102 valence electrons. The van der Waals surface area contributed by atoms with Crippen molar-refractivity contribution in [2.75, 3.05) is 7.11 Å². The molecule has 0 amide bonds. The highest BCUT2D eigenvalue weighted by Gasteiger charge is 2.08. The SMILES string of the molecule is COc1ccccc1C(=O)C=Cc1ccc(O)c(Br)c1. The first-order valence-corrected chi connectivity index (χ1v) is 6.75. The zero-order valence-electron chi connectivity index (χ0n) is 10.8. The lowest BCUT2D eigenvalue weighted by Crippen LogP contribution is -1.98. The van der Waals surface area contributed by atoms with Crippen molar-refractivity contribution in [3.8, 4) is 11.5 Å². The van der Waals surface area contributed by atoms with E-state index in [9.17, 15) is 9.90 Å². The summed E-state index contributed by atoms with van der Waals surface area (Å²) in [7, 11) is 1.53. The molecule has 0 spiro atoms. The van der Waals surface area contributed by atoms with E-state index in [1.54, 1.807) is 42.5 Å². The van der Waals surface area contributed by atoms with Gasteiger partial charge >= 0.3 is 0 Å². The van der Waals surface area contributed by atoms with Crippen LogP contribution in [0, 0.1) is 0 Å². The van der Waals surface area contributed by atoms with Crippen LogP contribution in [-0.4, -0.2) is 18.0 Å². The Morgan fingerprint density at radius 3 is 2.70 bits per heavy atom. The largest absolute Gasteiger partial charge is 0.507 e. The Bertz CT molecular complexity index is 663. The number of hydrogen-bond acceptors (Lipinski definition) is 3. The van der Waals surface area contributed by atoms with Gasteiger partial charge in [0.15, 0.2) is 5.78 Å². The van der Waals surface area contributed by atoms with Gasteiger partial charge in [0.25, 0.3) is 0 Å². The minimum absolute atomic E-state index is 0.133. The first-order valence-electron chi connectivity index (χ1n) is 5.96. The van der Waals surface area contributed by atoms with Gasteiger partial charge in [0.1, 0.15) is 11.5 Å². The highest BCUT2D eigenvalue weighted by Crippen LogP contribution is 2.25. The van der Waals surface area contributed by atoms with E-state index in [1.807, 2.05) is 6.07 Å². The number of allylic oxidation sites excluding steroid dienone is 1. The Labute approximate surface area is 125 Å². The maximum atomic E-state index is 12.1. The van der Waals surface area contributed by atoms with Gasteiger partial charge in [-0.05, 0) is 51.8 Å².